The Labute approximate surface area is 122 Å². The molecule has 21 heavy (non-hydrogen) atoms. The van der Waals surface area contributed by atoms with Crippen molar-refractivity contribution in [1.29, 1.82) is 0 Å². The summed E-state index contributed by atoms with van der Waals surface area (Å²) >= 11 is 0. The third-order valence-electron chi connectivity index (χ3n) is 4.26. The maximum absolute atomic E-state index is 12.7. The molecule has 0 atom stereocenters. The fourth-order valence-corrected chi connectivity index (χ4v) is 2.64. The highest BCUT2D eigenvalue weighted by Gasteiger charge is 2.41. The third kappa shape index (κ3) is 3.56. The van der Waals surface area contributed by atoms with Crippen molar-refractivity contribution in [3.63, 3.8) is 0 Å². The number of halogens is 1. The zero-order valence-corrected chi connectivity index (χ0v) is 11.9. The summed E-state index contributed by atoms with van der Waals surface area (Å²) in [7, 11) is 0. The van der Waals surface area contributed by atoms with Crippen LogP contribution in [0, 0.1) is 17.3 Å². The highest BCUT2D eigenvalue weighted by atomic mass is 19.1. The molecule has 2 N–H and O–H groups in total. The second-order valence-electron chi connectivity index (χ2n) is 5.82. The number of carbonyl (C=O) groups excluding carboxylic acids is 1. The number of nitrogens with one attached hydrogen (secondary N) is 1. The van der Waals surface area contributed by atoms with Crippen LogP contribution in [0.5, 0.6) is 0 Å². The maximum Gasteiger partial charge on any atom is 0.311 e. The molecule has 1 aromatic heterocycles. The van der Waals surface area contributed by atoms with Gasteiger partial charge in [0.05, 0.1) is 11.0 Å². The van der Waals surface area contributed by atoms with Crippen LogP contribution in [0.1, 0.15) is 43.0 Å². The summed E-state index contributed by atoms with van der Waals surface area (Å²) < 4.78 is 12.7. The van der Waals surface area contributed by atoms with E-state index in [0.29, 0.717) is 18.8 Å². The van der Waals surface area contributed by atoms with Crippen LogP contribution in [-0.4, -0.2) is 28.5 Å². The first-order valence-corrected chi connectivity index (χ1v) is 7.06. The smallest absolute Gasteiger partial charge is 0.311 e. The summed E-state index contributed by atoms with van der Waals surface area (Å²) in [6.45, 7) is 2.19. The van der Waals surface area contributed by atoms with Crippen molar-refractivity contribution in [2.24, 2.45) is 11.3 Å². The van der Waals surface area contributed by atoms with Crippen molar-refractivity contribution in [3.8, 4) is 0 Å². The first-order chi connectivity index (χ1) is 9.93. The van der Waals surface area contributed by atoms with Crippen molar-refractivity contribution in [2.45, 2.75) is 32.6 Å². The van der Waals surface area contributed by atoms with Crippen LogP contribution in [0.4, 0.5) is 4.39 Å². The number of amides is 1. The monoisotopic (exact) mass is 294 g/mol. The Kier molecular flexibility index (Phi) is 4.55. The summed E-state index contributed by atoms with van der Waals surface area (Å²) in [6, 6.07) is 2.43. The average molecular weight is 294 g/mol. The van der Waals surface area contributed by atoms with Gasteiger partial charge in [-0.1, -0.05) is 6.92 Å². The zero-order chi connectivity index (χ0) is 15.5. The van der Waals surface area contributed by atoms with Crippen molar-refractivity contribution in [2.75, 3.05) is 6.54 Å². The molecule has 5 nitrogen and oxygen atoms in total. The third-order valence-corrected chi connectivity index (χ3v) is 4.26. The normalized spacial score (nSPS) is 25.3. The summed E-state index contributed by atoms with van der Waals surface area (Å²) in [5, 5.41) is 12.1. The lowest BCUT2D eigenvalue weighted by atomic mass is 9.71. The number of hydrogen-bond donors (Lipinski definition) is 2. The predicted molar refractivity (Wildman–Crippen MR) is 74.2 cm³/mol. The number of hydrogen-bond acceptors (Lipinski definition) is 3. The van der Waals surface area contributed by atoms with Crippen LogP contribution >= 0.6 is 0 Å². The topological polar surface area (TPSA) is 79.3 Å². The van der Waals surface area contributed by atoms with Crippen LogP contribution < -0.4 is 5.32 Å². The van der Waals surface area contributed by atoms with E-state index >= 15 is 0 Å². The van der Waals surface area contributed by atoms with Gasteiger partial charge in [-0.05, 0) is 43.7 Å². The van der Waals surface area contributed by atoms with Crippen molar-refractivity contribution in [1.82, 2.24) is 10.3 Å². The van der Waals surface area contributed by atoms with E-state index in [0.717, 1.165) is 25.1 Å². The minimum Gasteiger partial charge on any atom is -0.481 e. The molecule has 1 aromatic rings. The molecule has 1 aliphatic rings. The Morgan fingerprint density at radius 1 is 1.43 bits per heavy atom. The average Bonchev–Trinajstić information content (AvgIpc) is 2.47. The summed E-state index contributed by atoms with van der Waals surface area (Å²) in [6.07, 6.45) is 3.96. The summed E-state index contributed by atoms with van der Waals surface area (Å²) in [4.78, 5) is 26.9. The molecule has 0 spiro atoms. The number of rotatable bonds is 4. The molecule has 1 heterocycles. The van der Waals surface area contributed by atoms with Gasteiger partial charge in [0.25, 0.3) is 5.91 Å². The molecule has 0 bridgehead atoms. The first-order valence-electron chi connectivity index (χ1n) is 7.06. The molecular weight excluding hydrogens is 275 g/mol. The second kappa shape index (κ2) is 6.20. The molecule has 6 heteroatoms. The van der Waals surface area contributed by atoms with E-state index in [1.165, 1.54) is 6.07 Å². The van der Waals surface area contributed by atoms with Gasteiger partial charge in [0, 0.05) is 12.7 Å². The minimum atomic E-state index is -0.893. The van der Waals surface area contributed by atoms with E-state index in [1.54, 1.807) is 0 Å². The number of carboxylic acids is 1. The molecule has 0 unspecified atom stereocenters. The second-order valence-corrected chi connectivity index (χ2v) is 5.82. The van der Waals surface area contributed by atoms with E-state index in [2.05, 4.69) is 17.2 Å². The first kappa shape index (κ1) is 15.4. The highest BCUT2D eigenvalue weighted by Crippen LogP contribution is 2.38. The zero-order valence-electron chi connectivity index (χ0n) is 11.9. The van der Waals surface area contributed by atoms with Crippen LogP contribution in [0.15, 0.2) is 18.3 Å². The fraction of sp³-hybridized carbons (Fsp3) is 0.533. The predicted octanol–water partition coefficient (Wildman–Crippen LogP) is 2.23. The van der Waals surface area contributed by atoms with E-state index in [4.69, 9.17) is 0 Å². The Hall–Kier alpha value is -1.98. The summed E-state index contributed by atoms with van der Waals surface area (Å²) in [5.41, 5.74) is -0.670. The summed E-state index contributed by atoms with van der Waals surface area (Å²) in [5.74, 6) is -1.43. The van der Waals surface area contributed by atoms with Gasteiger partial charge in [-0.25, -0.2) is 4.98 Å². The molecule has 1 amide bonds. The van der Waals surface area contributed by atoms with Gasteiger partial charge < -0.3 is 10.4 Å². The lowest BCUT2D eigenvalue weighted by Gasteiger charge is -2.35. The minimum absolute atomic E-state index is 0.0886. The molecule has 2 rings (SSSR count). The number of aliphatic carboxylic acids is 1. The molecule has 1 fully saturated rings. The SMILES string of the molecule is CC1CCC(CNC(=O)c2ccc(F)nc2)(C(=O)O)CC1. The van der Waals surface area contributed by atoms with E-state index in [1.807, 2.05) is 0 Å². The number of carbonyl (C=O) groups is 2. The largest absolute Gasteiger partial charge is 0.481 e. The van der Waals surface area contributed by atoms with E-state index in [-0.39, 0.29) is 12.1 Å². The Morgan fingerprint density at radius 3 is 2.62 bits per heavy atom. The van der Waals surface area contributed by atoms with E-state index in [9.17, 15) is 19.1 Å². The van der Waals surface area contributed by atoms with Gasteiger partial charge in [-0.15, -0.1) is 0 Å². The molecule has 0 saturated heterocycles. The Balaban J connectivity index is 2.00. The molecule has 1 saturated carbocycles. The van der Waals surface area contributed by atoms with Crippen LogP contribution in [-0.2, 0) is 4.79 Å². The van der Waals surface area contributed by atoms with Gasteiger partial charge in [0.15, 0.2) is 0 Å². The van der Waals surface area contributed by atoms with Crippen molar-refractivity contribution >= 4 is 11.9 Å². The van der Waals surface area contributed by atoms with Gasteiger partial charge in [-0.2, -0.15) is 4.39 Å². The van der Waals surface area contributed by atoms with E-state index < -0.39 is 23.2 Å². The number of carboxylic acid groups (broad SMARTS) is 1. The van der Waals surface area contributed by atoms with Crippen LogP contribution in [0.3, 0.4) is 0 Å². The van der Waals surface area contributed by atoms with Gasteiger partial charge in [-0.3, -0.25) is 9.59 Å². The van der Waals surface area contributed by atoms with Crippen LogP contribution in [0.2, 0.25) is 0 Å². The van der Waals surface area contributed by atoms with Crippen molar-refractivity contribution in [3.05, 3.63) is 29.8 Å². The quantitative estimate of drug-likeness (QED) is 0.835. The lowest BCUT2D eigenvalue weighted by molar-refractivity contribution is -0.151. The molecule has 0 radical (unpaired) electrons. The molecule has 0 aliphatic heterocycles. The Bertz CT molecular complexity index is 522. The lowest BCUT2D eigenvalue weighted by Crippen LogP contribution is -2.45. The molecular formula is C15H19FN2O3. The molecule has 114 valence electrons. The van der Waals surface area contributed by atoms with Crippen LogP contribution in [0.25, 0.3) is 0 Å². The van der Waals surface area contributed by atoms with Gasteiger partial charge in [0.2, 0.25) is 5.95 Å². The highest BCUT2D eigenvalue weighted by molar-refractivity contribution is 5.94. The van der Waals surface area contributed by atoms with Gasteiger partial charge >= 0.3 is 5.97 Å². The number of aromatic nitrogens is 1. The van der Waals surface area contributed by atoms with Gasteiger partial charge in [0.1, 0.15) is 0 Å². The Morgan fingerprint density at radius 2 is 2.10 bits per heavy atom. The number of pyridine rings is 1. The standard InChI is InChI=1S/C15H19FN2O3/c1-10-4-6-15(7-5-10,14(20)21)9-18-13(19)11-2-3-12(16)17-8-11/h2-3,8,10H,4-7,9H2,1H3,(H,18,19)(H,20,21). The molecule has 0 aromatic carbocycles. The fourth-order valence-electron chi connectivity index (χ4n) is 2.64. The van der Waals surface area contributed by atoms with Crippen molar-refractivity contribution < 1.29 is 19.1 Å². The number of nitrogens with zero attached hydrogens (tertiary/aromatic N) is 1. The maximum atomic E-state index is 12.7. The molecule has 1 aliphatic carbocycles.